The first-order chi connectivity index (χ1) is 14.2. The van der Waals surface area contributed by atoms with E-state index in [0.29, 0.717) is 0 Å². The number of fused-ring (bicyclic) bond motifs is 1. The Balaban J connectivity index is 2.46. The predicted molar refractivity (Wildman–Crippen MR) is 131 cm³/mol. The fourth-order valence-electron chi connectivity index (χ4n) is 3.47. The summed E-state index contributed by atoms with van der Waals surface area (Å²) in [6.07, 6.45) is -2.98. The summed E-state index contributed by atoms with van der Waals surface area (Å²) in [5.74, 6) is -0.860. The summed E-state index contributed by atoms with van der Waals surface area (Å²) in [4.78, 5) is 0. The molecule has 190 valence electrons. The van der Waals surface area contributed by atoms with Crippen LogP contribution in [-0.2, 0) is 27.8 Å². The summed E-state index contributed by atoms with van der Waals surface area (Å²) in [6.45, 7) is 26.4. The molecule has 32 heavy (non-hydrogen) atoms. The molecule has 1 N–H and O–H groups in total. The first kappa shape index (κ1) is 28.4. The zero-order valence-corrected chi connectivity index (χ0v) is 24.6. The second-order valence-corrected chi connectivity index (χ2v) is 22.5. The molecule has 2 aliphatic rings. The molecule has 0 radical (unpaired) electrons. The normalized spacial score (nSPS) is 30.9. The molecule has 2 heterocycles. The molecule has 0 aromatic heterocycles. The number of aliphatic hydroxyl groups excluding tert-OH is 1. The fourth-order valence-corrected chi connectivity index (χ4v) is 5.54. The van der Waals surface area contributed by atoms with Gasteiger partial charge in [-0.25, -0.2) is 0 Å². The summed E-state index contributed by atoms with van der Waals surface area (Å²) in [7, 11) is -2.67. The molecule has 2 rings (SSSR count). The smallest absolute Gasteiger partial charge is 0.192 e. The Bertz CT molecular complexity index is 622. The third-order valence-electron chi connectivity index (χ3n) is 7.81. The van der Waals surface area contributed by atoms with Gasteiger partial charge in [0.15, 0.2) is 28.7 Å². The Kier molecular flexibility index (Phi) is 7.97. The van der Waals surface area contributed by atoms with E-state index in [9.17, 15) is 5.11 Å². The molecule has 7 nitrogen and oxygen atoms in total. The van der Waals surface area contributed by atoms with Crippen LogP contribution in [-0.4, -0.2) is 78.1 Å². The average molecular weight is 493 g/mol. The van der Waals surface area contributed by atoms with Gasteiger partial charge in [0.1, 0.15) is 23.9 Å². The number of rotatable bonds is 7. The number of ether oxygens (including phenoxy) is 4. The maximum absolute atomic E-state index is 10.9. The highest BCUT2D eigenvalue weighted by Gasteiger charge is 2.63. The van der Waals surface area contributed by atoms with E-state index in [4.69, 9.17) is 27.8 Å². The van der Waals surface area contributed by atoms with Crippen LogP contribution in [0.1, 0.15) is 55.4 Å². The fraction of sp³-hybridized carbons (Fsp3) is 1.00. The highest BCUT2D eigenvalue weighted by atomic mass is 28.4. The van der Waals surface area contributed by atoms with E-state index in [0.717, 1.165) is 0 Å². The van der Waals surface area contributed by atoms with E-state index in [1.54, 1.807) is 0 Å². The standard InChI is InChI=1S/C23H48O7Si2/c1-20(2,3)31(10,11)26-14-23(15-27-32(12,13)21(4,5)6)18-17(28-22(7,8)29-18)16(24)19(25-9)30-23/h16-19,24H,14-15H2,1-13H3/t16-,17-,18-,19-/m1/s1. The van der Waals surface area contributed by atoms with Crippen LogP contribution in [0.2, 0.25) is 36.3 Å². The molecule has 0 unspecified atom stereocenters. The summed E-state index contributed by atoms with van der Waals surface area (Å²) in [5, 5.41) is 11.0. The minimum absolute atomic E-state index is 0.0367. The largest absolute Gasteiger partial charge is 0.414 e. The molecule has 2 fully saturated rings. The van der Waals surface area contributed by atoms with Gasteiger partial charge in [0, 0.05) is 7.11 Å². The van der Waals surface area contributed by atoms with Gasteiger partial charge in [-0.05, 0) is 50.1 Å². The van der Waals surface area contributed by atoms with Crippen molar-refractivity contribution in [3.8, 4) is 0 Å². The molecule has 0 aromatic rings. The van der Waals surface area contributed by atoms with Gasteiger partial charge in [0.2, 0.25) is 0 Å². The SMILES string of the molecule is CO[C@@H]1OC(CO[Si](C)(C)C(C)(C)C)(CO[Si](C)(C)C(C)(C)C)[C@@H]2OC(C)(C)O[C@@H]2[C@H]1O. The lowest BCUT2D eigenvalue weighted by Crippen LogP contribution is -2.68. The van der Waals surface area contributed by atoms with Crippen molar-refractivity contribution in [2.75, 3.05) is 20.3 Å². The molecule has 9 heteroatoms. The number of aliphatic hydroxyl groups is 1. The Hall–Kier alpha value is 0.154. The molecular formula is C23H48O7Si2. The van der Waals surface area contributed by atoms with Crippen molar-refractivity contribution >= 4 is 16.6 Å². The average Bonchev–Trinajstić information content (AvgIpc) is 2.95. The molecule has 4 atom stereocenters. The van der Waals surface area contributed by atoms with Crippen LogP contribution >= 0.6 is 0 Å². The first-order valence-corrected chi connectivity index (χ1v) is 17.5. The Labute approximate surface area is 197 Å². The van der Waals surface area contributed by atoms with Gasteiger partial charge in [-0.15, -0.1) is 0 Å². The van der Waals surface area contributed by atoms with E-state index in [2.05, 4.69) is 67.7 Å². The molecule has 0 saturated carbocycles. The van der Waals surface area contributed by atoms with Gasteiger partial charge in [0.05, 0.1) is 13.2 Å². The second-order valence-electron chi connectivity index (χ2n) is 12.9. The Morgan fingerprint density at radius 2 is 1.25 bits per heavy atom. The van der Waals surface area contributed by atoms with E-state index in [1.807, 2.05) is 13.8 Å². The molecule has 0 amide bonds. The zero-order chi connectivity index (χ0) is 25.0. The van der Waals surface area contributed by atoms with Crippen LogP contribution in [0.3, 0.4) is 0 Å². The molecular weight excluding hydrogens is 444 g/mol. The summed E-state index contributed by atoms with van der Waals surface area (Å²) in [6, 6.07) is 0. The van der Waals surface area contributed by atoms with Gasteiger partial charge in [0.25, 0.3) is 0 Å². The van der Waals surface area contributed by atoms with Crippen LogP contribution in [0.5, 0.6) is 0 Å². The van der Waals surface area contributed by atoms with Crippen molar-refractivity contribution in [2.45, 2.75) is 128 Å². The third-order valence-corrected chi connectivity index (χ3v) is 16.8. The van der Waals surface area contributed by atoms with E-state index in [1.165, 1.54) is 7.11 Å². The van der Waals surface area contributed by atoms with Crippen molar-refractivity contribution in [3.63, 3.8) is 0 Å². The highest BCUT2D eigenvalue weighted by molar-refractivity contribution is 6.74. The first-order valence-electron chi connectivity index (χ1n) is 11.7. The van der Waals surface area contributed by atoms with Gasteiger partial charge >= 0.3 is 0 Å². The molecule has 2 saturated heterocycles. The van der Waals surface area contributed by atoms with Crippen molar-refractivity contribution in [1.82, 2.24) is 0 Å². The minimum Gasteiger partial charge on any atom is -0.414 e. The van der Waals surface area contributed by atoms with Crippen LogP contribution in [0.15, 0.2) is 0 Å². The van der Waals surface area contributed by atoms with Crippen LogP contribution in [0.4, 0.5) is 0 Å². The van der Waals surface area contributed by atoms with Crippen molar-refractivity contribution in [1.29, 1.82) is 0 Å². The Morgan fingerprint density at radius 1 is 0.812 bits per heavy atom. The van der Waals surface area contributed by atoms with E-state index in [-0.39, 0.29) is 23.3 Å². The molecule has 0 bridgehead atoms. The van der Waals surface area contributed by atoms with E-state index >= 15 is 0 Å². The van der Waals surface area contributed by atoms with E-state index < -0.39 is 52.6 Å². The monoisotopic (exact) mass is 492 g/mol. The minimum atomic E-state index is -2.10. The quantitative estimate of drug-likeness (QED) is 0.518. The lowest BCUT2D eigenvalue weighted by Gasteiger charge is -2.50. The summed E-state index contributed by atoms with van der Waals surface area (Å²) in [5.41, 5.74) is -0.969. The lowest BCUT2D eigenvalue weighted by atomic mass is 9.88. The predicted octanol–water partition coefficient (Wildman–Crippen LogP) is 4.65. The van der Waals surface area contributed by atoms with Crippen molar-refractivity contribution < 1.29 is 32.9 Å². The molecule has 2 aliphatic heterocycles. The Morgan fingerprint density at radius 3 is 1.62 bits per heavy atom. The summed E-state index contributed by atoms with van der Waals surface area (Å²) < 4.78 is 37.8. The maximum Gasteiger partial charge on any atom is 0.192 e. The van der Waals surface area contributed by atoms with Crippen molar-refractivity contribution in [3.05, 3.63) is 0 Å². The van der Waals surface area contributed by atoms with Crippen LogP contribution < -0.4 is 0 Å². The highest BCUT2D eigenvalue weighted by Crippen LogP contribution is 2.46. The van der Waals surface area contributed by atoms with Crippen LogP contribution in [0, 0.1) is 0 Å². The number of methoxy groups -OCH3 is 1. The van der Waals surface area contributed by atoms with Gasteiger partial charge in [-0.3, -0.25) is 0 Å². The van der Waals surface area contributed by atoms with Gasteiger partial charge in [-0.1, -0.05) is 41.5 Å². The molecule has 0 aromatic carbocycles. The lowest BCUT2D eigenvalue weighted by molar-refractivity contribution is -0.319. The zero-order valence-electron chi connectivity index (χ0n) is 22.6. The number of hydrogen-bond donors (Lipinski definition) is 1. The van der Waals surface area contributed by atoms with Crippen LogP contribution in [0.25, 0.3) is 0 Å². The van der Waals surface area contributed by atoms with Gasteiger partial charge < -0.3 is 32.9 Å². The van der Waals surface area contributed by atoms with Crippen molar-refractivity contribution in [2.24, 2.45) is 0 Å². The topological polar surface area (TPSA) is 75.6 Å². The number of hydrogen-bond acceptors (Lipinski definition) is 7. The van der Waals surface area contributed by atoms with Gasteiger partial charge in [-0.2, -0.15) is 0 Å². The second kappa shape index (κ2) is 8.98. The summed E-state index contributed by atoms with van der Waals surface area (Å²) >= 11 is 0. The third kappa shape index (κ3) is 5.68. The maximum atomic E-state index is 10.9. The molecule has 0 spiro atoms. The molecule has 0 aliphatic carbocycles.